The number of hydrogen-bond acceptors (Lipinski definition) is 6. The number of anilines is 3. The Labute approximate surface area is 174 Å². The number of nitrogens with zero attached hydrogens (tertiary/aromatic N) is 4. The first-order chi connectivity index (χ1) is 14.4. The number of piperazine rings is 1. The molecule has 4 rings (SSSR count). The van der Waals surface area contributed by atoms with Crippen molar-refractivity contribution in [2.24, 2.45) is 0 Å². The number of hydrogen-bond donors (Lipinski definition) is 2. The maximum Gasteiger partial charge on any atom is 0.222 e. The van der Waals surface area contributed by atoms with Crippen molar-refractivity contribution >= 4 is 40.2 Å². The molecule has 1 saturated heterocycles. The van der Waals surface area contributed by atoms with Gasteiger partial charge in [-0.25, -0.2) is 4.98 Å². The third-order valence-electron chi connectivity index (χ3n) is 5.26. The van der Waals surface area contributed by atoms with Crippen molar-refractivity contribution in [1.29, 1.82) is 0 Å². The summed E-state index contributed by atoms with van der Waals surface area (Å²) >= 11 is 0. The molecular weight excluding hydrogens is 380 g/mol. The Balaban J connectivity index is 1.68. The summed E-state index contributed by atoms with van der Waals surface area (Å²) in [7, 11) is 0. The molecule has 30 heavy (non-hydrogen) atoms. The van der Waals surface area contributed by atoms with Gasteiger partial charge in [-0.2, -0.15) is 4.98 Å². The van der Waals surface area contributed by atoms with E-state index >= 15 is 0 Å². The van der Waals surface area contributed by atoms with Gasteiger partial charge in [0.05, 0.1) is 5.52 Å². The Morgan fingerprint density at radius 2 is 1.60 bits per heavy atom. The van der Waals surface area contributed by atoms with Crippen molar-refractivity contribution in [3.63, 3.8) is 0 Å². The molecule has 2 aromatic carbocycles. The van der Waals surface area contributed by atoms with Gasteiger partial charge in [-0.15, -0.1) is 0 Å². The molecule has 0 unspecified atom stereocenters. The van der Waals surface area contributed by atoms with E-state index in [2.05, 4.69) is 26.3 Å². The molecule has 1 aromatic heterocycles. The molecule has 0 bridgehead atoms. The summed E-state index contributed by atoms with van der Waals surface area (Å²) in [5, 5.41) is 3.70. The van der Waals surface area contributed by atoms with Gasteiger partial charge in [0.25, 0.3) is 0 Å². The number of nitrogen functional groups attached to an aromatic ring is 1. The van der Waals surface area contributed by atoms with Crippen LogP contribution in [0.3, 0.4) is 0 Å². The minimum absolute atomic E-state index is 0.0895. The summed E-state index contributed by atoms with van der Waals surface area (Å²) < 4.78 is 0. The van der Waals surface area contributed by atoms with Crippen LogP contribution in [-0.2, 0) is 9.59 Å². The highest BCUT2D eigenvalue weighted by Crippen LogP contribution is 2.31. The number of aromatic nitrogens is 2. The molecule has 3 N–H and O–H groups in total. The Bertz CT molecular complexity index is 1100. The molecule has 8 heteroatoms. The minimum atomic E-state index is -0.0993. The minimum Gasteiger partial charge on any atom is -0.368 e. The SMILES string of the molecule is CC(=O)Nc1ccc(-c2ccc3nc(N)nc(N4CCN(C(C)=O)CC4)c3c2)cc1. The summed E-state index contributed by atoms with van der Waals surface area (Å²) in [5.41, 5.74) is 9.55. The fourth-order valence-electron chi connectivity index (χ4n) is 3.73. The first-order valence-electron chi connectivity index (χ1n) is 9.86. The van der Waals surface area contributed by atoms with Gasteiger partial charge >= 0.3 is 0 Å². The van der Waals surface area contributed by atoms with Crippen LogP contribution in [0.5, 0.6) is 0 Å². The fraction of sp³-hybridized carbons (Fsp3) is 0.273. The zero-order valence-electron chi connectivity index (χ0n) is 17.1. The van der Waals surface area contributed by atoms with Crippen LogP contribution in [0.15, 0.2) is 42.5 Å². The van der Waals surface area contributed by atoms with Gasteiger partial charge < -0.3 is 20.9 Å². The Morgan fingerprint density at radius 1 is 0.933 bits per heavy atom. The van der Waals surface area contributed by atoms with Gasteiger partial charge in [0, 0.05) is 51.1 Å². The van der Waals surface area contributed by atoms with Crippen LogP contribution in [0, 0.1) is 0 Å². The van der Waals surface area contributed by atoms with Crippen LogP contribution in [0.4, 0.5) is 17.5 Å². The van der Waals surface area contributed by atoms with Crippen molar-refractivity contribution in [3.05, 3.63) is 42.5 Å². The zero-order valence-corrected chi connectivity index (χ0v) is 17.1. The Hall–Kier alpha value is -3.68. The van der Waals surface area contributed by atoms with Gasteiger partial charge in [0.2, 0.25) is 17.8 Å². The van der Waals surface area contributed by atoms with Crippen molar-refractivity contribution in [2.45, 2.75) is 13.8 Å². The van der Waals surface area contributed by atoms with Gasteiger partial charge in [-0.3, -0.25) is 9.59 Å². The highest BCUT2D eigenvalue weighted by Gasteiger charge is 2.22. The van der Waals surface area contributed by atoms with E-state index in [9.17, 15) is 9.59 Å². The highest BCUT2D eigenvalue weighted by molar-refractivity contribution is 5.94. The lowest BCUT2D eigenvalue weighted by atomic mass is 10.0. The molecule has 3 aromatic rings. The second kappa shape index (κ2) is 7.98. The van der Waals surface area contributed by atoms with Gasteiger partial charge in [0.15, 0.2) is 0 Å². The maximum atomic E-state index is 11.6. The van der Waals surface area contributed by atoms with Crippen molar-refractivity contribution in [1.82, 2.24) is 14.9 Å². The van der Waals surface area contributed by atoms with E-state index in [0.29, 0.717) is 26.2 Å². The summed E-state index contributed by atoms with van der Waals surface area (Å²) in [6.07, 6.45) is 0. The summed E-state index contributed by atoms with van der Waals surface area (Å²) in [5.74, 6) is 1.01. The fourth-order valence-corrected chi connectivity index (χ4v) is 3.73. The van der Waals surface area contributed by atoms with Crippen molar-refractivity contribution < 1.29 is 9.59 Å². The maximum absolute atomic E-state index is 11.6. The number of nitrogens with one attached hydrogen (secondary N) is 1. The third-order valence-corrected chi connectivity index (χ3v) is 5.26. The van der Waals surface area contributed by atoms with E-state index in [0.717, 1.165) is 33.5 Å². The van der Waals surface area contributed by atoms with E-state index in [1.165, 1.54) is 6.92 Å². The Morgan fingerprint density at radius 3 is 2.23 bits per heavy atom. The summed E-state index contributed by atoms with van der Waals surface area (Å²) in [6, 6.07) is 13.7. The first kappa shape index (κ1) is 19.6. The van der Waals surface area contributed by atoms with Crippen LogP contribution >= 0.6 is 0 Å². The molecule has 1 fully saturated rings. The molecule has 1 aliphatic rings. The molecule has 0 saturated carbocycles. The van der Waals surface area contributed by atoms with E-state index < -0.39 is 0 Å². The lowest BCUT2D eigenvalue weighted by molar-refractivity contribution is -0.129. The molecular formula is C22H24N6O2. The topological polar surface area (TPSA) is 104 Å². The lowest BCUT2D eigenvalue weighted by Gasteiger charge is -2.35. The summed E-state index contributed by atoms with van der Waals surface area (Å²) in [6.45, 7) is 5.79. The molecule has 1 aliphatic heterocycles. The molecule has 0 atom stereocenters. The second-order valence-electron chi connectivity index (χ2n) is 7.39. The molecule has 0 aliphatic carbocycles. The molecule has 0 spiro atoms. The zero-order chi connectivity index (χ0) is 21.3. The lowest BCUT2D eigenvalue weighted by Crippen LogP contribution is -2.48. The second-order valence-corrected chi connectivity index (χ2v) is 7.39. The third kappa shape index (κ3) is 4.03. The average Bonchev–Trinajstić information content (AvgIpc) is 2.73. The van der Waals surface area contributed by atoms with Crippen LogP contribution in [-0.4, -0.2) is 52.9 Å². The van der Waals surface area contributed by atoms with Crippen LogP contribution in [0.1, 0.15) is 13.8 Å². The molecule has 2 amide bonds. The quantitative estimate of drug-likeness (QED) is 0.695. The number of carbonyl (C=O) groups excluding carboxylic acids is 2. The van der Waals surface area contributed by atoms with Crippen molar-refractivity contribution in [3.8, 4) is 11.1 Å². The predicted octanol–water partition coefficient (Wildman–Crippen LogP) is 2.51. The average molecular weight is 404 g/mol. The molecule has 0 radical (unpaired) electrons. The van der Waals surface area contributed by atoms with Crippen LogP contribution < -0.4 is 16.0 Å². The number of carbonyl (C=O) groups is 2. The normalized spacial score (nSPS) is 14.1. The number of benzene rings is 2. The smallest absolute Gasteiger partial charge is 0.222 e. The van der Waals surface area contributed by atoms with E-state index in [1.807, 2.05) is 41.3 Å². The largest absolute Gasteiger partial charge is 0.368 e. The standard InChI is InChI=1S/C22H24N6O2/c1-14(29)24-18-6-3-16(4-7-18)17-5-8-20-19(13-17)21(26-22(23)25-20)28-11-9-27(10-12-28)15(2)30/h3-8,13H,9-12H2,1-2H3,(H,24,29)(H2,23,25,26). The number of nitrogens with two attached hydrogens (primary N) is 1. The van der Waals surface area contributed by atoms with Gasteiger partial charge in [0.1, 0.15) is 5.82 Å². The van der Waals surface area contributed by atoms with Crippen molar-refractivity contribution in [2.75, 3.05) is 42.1 Å². The monoisotopic (exact) mass is 404 g/mol. The Kier molecular flexibility index (Phi) is 5.22. The van der Waals surface area contributed by atoms with Gasteiger partial charge in [-0.05, 0) is 35.4 Å². The molecule has 154 valence electrons. The number of fused-ring (bicyclic) bond motifs is 1. The predicted molar refractivity (Wildman–Crippen MR) is 118 cm³/mol. The first-order valence-corrected chi connectivity index (χ1v) is 9.86. The molecule has 2 heterocycles. The van der Waals surface area contributed by atoms with E-state index in [4.69, 9.17) is 5.73 Å². The summed E-state index contributed by atoms with van der Waals surface area (Å²) in [4.78, 5) is 35.8. The van der Waals surface area contributed by atoms with E-state index in [-0.39, 0.29) is 17.8 Å². The van der Waals surface area contributed by atoms with E-state index in [1.54, 1.807) is 6.92 Å². The van der Waals surface area contributed by atoms with Gasteiger partial charge in [-0.1, -0.05) is 18.2 Å². The number of rotatable bonds is 3. The molecule has 8 nitrogen and oxygen atoms in total. The van der Waals surface area contributed by atoms with Crippen LogP contribution in [0.25, 0.3) is 22.0 Å². The number of amides is 2. The highest BCUT2D eigenvalue weighted by atomic mass is 16.2. The van der Waals surface area contributed by atoms with Crippen LogP contribution in [0.2, 0.25) is 0 Å².